The zero-order chi connectivity index (χ0) is 71.0. The highest BCUT2D eigenvalue weighted by molar-refractivity contribution is 9.93. The molecule has 0 amide bonds. The number of alkyl halides is 6. The second-order valence-electron chi connectivity index (χ2n) is 22.6. The van der Waals surface area contributed by atoms with Crippen LogP contribution in [0.2, 0.25) is 30.1 Å². The minimum atomic E-state index is -0.210. The Hall–Kier alpha value is -1.48. The Kier molecular flexibility index (Phi) is 65.4. The molecular formula is C71H96Br5Cl10N3O6. The first-order valence-corrected chi connectivity index (χ1v) is 38.0. The minimum Gasteiger partial charge on any atom is -1.00 e. The number of Topliss-reactive ketones (excluding diaryl/α,β-unsaturated/α-hetero) is 6. The van der Waals surface area contributed by atoms with Gasteiger partial charge >= 0.3 is 0 Å². The molecule has 0 bridgehead atoms. The van der Waals surface area contributed by atoms with Crippen LogP contribution in [0.15, 0.2) is 146 Å². The number of ketones is 6. The monoisotopic (exact) mass is 1830 g/mol. The van der Waals surface area contributed by atoms with E-state index in [2.05, 4.69) is 96.8 Å². The molecule has 0 aliphatic rings. The number of rotatable bonds is 15. The highest BCUT2D eigenvalue weighted by atomic mass is 80.9. The number of benzene rings is 6. The van der Waals surface area contributed by atoms with Crippen LogP contribution in [0, 0.1) is 0 Å². The van der Waals surface area contributed by atoms with Crippen LogP contribution in [0.5, 0.6) is 0 Å². The van der Waals surface area contributed by atoms with Crippen LogP contribution in [0.4, 0.5) is 0 Å². The topological polar surface area (TPSA) is 143 Å². The average Bonchev–Trinajstić information content (AvgIpc) is 1.75. The van der Waals surface area contributed by atoms with Gasteiger partial charge in [0.15, 0.2) is 28.9 Å². The average molecular weight is 1840 g/mol. The molecule has 0 spiro atoms. The van der Waals surface area contributed by atoms with Gasteiger partial charge in [-0.15, -0.1) is 46.4 Å². The molecule has 4 N–H and O–H groups in total. The lowest BCUT2D eigenvalue weighted by atomic mass is 10.0. The predicted molar refractivity (Wildman–Crippen MR) is 429 cm³/mol. The van der Waals surface area contributed by atoms with Gasteiger partial charge in [-0.2, -0.15) is 0 Å². The molecule has 6 rings (SSSR count). The van der Waals surface area contributed by atoms with Gasteiger partial charge in [-0.1, -0.05) is 203 Å². The summed E-state index contributed by atoms with van der Waals surface area (Å²) in [6.07, 6.45) is 0.528. The van der Waals surface area contributed by atoms with Crippen LogP contribution < -0.4 is 32.9 Å². The van der Waals surface area contributed by atoms with Crippen molar-refractivity contribution in [2.24, 2.45) is 0 Å². The van der Waals surface area contributed by atoms with Gasteiger partial charge in [0.05, 0.1) is 38.0 Å². The fourth-order valence-electron chi connectivity index (χ4n) is 7.55. The van der Waals surface area contributed by atoms with Crippen molar-refractivity contribution in [3.8, 4) is 0 Å². The molecule has 0 saturated heterocycles. The summed E-state index contributed by atoms with van der Waals surface area (Å²) < 4.78 is 0. The van der Waals surface area contributed by atoms with Crippen LogP contribution in [-0.4, -0.2) is 89.8 Å². The van der Waals surface area contributed by atoms with Crippen molar-refractivity contribution in [1.29, 1.82) is 0 Å². The van der Waals surface area contributed by atoms with E-state index in [1.165, 1.54) is 0 Å². The molecule has 0 aliphatic carbocycles. The molecule has 95 heavy (non-hydrogen) atoms. The Morgan fingerprint density at radius 3 is 0.789 bits per heavy atom. The normalized spacial score (nSPS) is 11.6. The Morgan fingerprint density at radius 2 is 0.600 bits per heavy atom. The van der Waals surface area contributed by atoms with Gasteiger partial charge in [0.2, 0.25) is 5.78 Å². The smallest absolute Gasteiger partial charge is 0.219 e. The van der Waals surface area contributed by atoms with Gasteiger partial charge in [-0.25, -0.2) is 0 Å². The third-order valence-electron chi connectivity index (χ3n) is 11.0. The van der Waals surface area contributed by atoms with Crippen LogP contribution in [0.1, 0.15) is 195 Å². The summed E-state index contributed by atoms with van der Waals surface area (Å²) >= 11 is 65.7. The number of hydrogen-bond acceptors (Lipinski definition) is 8. The summed E-state index contributed by atoms with van der Waals surface area (Å²) in [4.78, 5) is 69.8. The number of nitrogens with one attached hydrogen (secondary N) is 2. The second kappa shape index (κ2) is 58.1. The lowest BCUT2D eigenvalue weighted by Crippen LogP contribution is -3.00. The van der Waals surface area contributed by atoms with Crippen molar-refractivity contribution in [1.82, 2.24) is 10.6 Å². The van der Waals surface area contributed by atoms with E-state index in [1.807, 2.05) is 69.2 Å². The van der Waals surface area contributed by atoms with E-state index < -0.39 is 0 Å². The van der Waals surface area contributed by atoms with Gasteiger partial charge in [0.1, 0.15) is 6.04 Å². The highest BCUT2D eigenvalue weighted by Gasteiger charge is 2.25. The summed E-state index contributed by atoms with van der Waals surface area (Å²) in [6, 6.07) is 41.6. The molecule has 6 aromatic rings. The minimum absolute atomic E-state index is 0. The summed E-state index contributed by atoms with van der Waals surface area (Å²) in [6.45, 7) is 29.6. The molecule has 0 saturated carbocycles. The number of quaternary nitrogens is 1. The number of halogens is 15. The molecule has 6 aromatic carbocycles. The molecule has 0 heterocycles. The SMILES string of the molecule is BrBr.C.C.C.CC(Br)C(=O)c1cccc(Cl)c1.CC(Br)C(=O)c1cccc(Cl)c1.CC(NC(C)(C)C)C(=O)c1cccc(Cl)c1.CC(NC(C)(C)C)C(=O)c1cccc(Cl)c1.CC([NH2+]C(C)(C)C)C(=O)c1cccc(Cl)c1.CCC(=O)c1cccc(Cl)c1.ClCCl.ClCCl.[Br-]. The lowest BCUT2D eigenvalue weighted by Gasteiger charge is -2.25. The first-order valence-electron chi connectivity index (χ1n) is 28.0. The predicted octanol–water partition coefficient (Wildman–Crippen LogP) is 21.9. The van der Waals surface area contributed by atoms with Crippen molar-refractivity contribution >= 4 is 211 Å². The molecule has 5 atom stereocenters. The van der Waals surface area contributed by atoms with E-state index in [4.69, 9.17) is 116 Å². The van der Waals surface area contributed by atoms with E-state index in [-0.39, 0.29) is 129 Å². The van der Waals surface area contributed by atoms with Crippen molar-refractivity contribution in [2.45, 2.75) is 177 Å². The van der Waals surface area contributed by atoms with E-state index in [0.717, 1.165) is 0 Å². The molecule has 9 nitrogen and oxygen atoms in total. The summed E-state index contributed by atoms with van der Waals surface area (Å²) in [5.41, 5.74) is 3.86. The summed E-state index contributed by atoms with van der Waals surface area (Å²) in [5.74, 6) is 0.495. The number of carbonyl (C=O) groups excluding carboxylic acids is 6. The fourth-order valence-corrected chi connectivity index (χ4v) is 9.22. The molecule has 536 valence electrons. The van der Waals surface area contributed by atoms with Crippen LogP contribution in [0.25, 0.3) is 0 Å². The van der Waals surface area contributed by atoms with E-state index >= 15 is 0 Å². The second-order valence-corrected chi connectivity index (χ2v) is 29.6. The quantitative estimate of drug-likeness (QED) is 0.0681. The van der Waals surface area contributed by atoms with Crippen molar-refractivity contribution < 1.29 is 51.1 Å². The third kappa shape index (κ3) is 53.1. The Labute approximate surface area is 662 Å². The van der Waals surface area contributed by atoms with E-state index in [0.29, 0.717) is 69.9 Å². The lowest BCUT2D eigenvalue weighted by molar-refractivity contribution is -0.732. The maximum absolute atomic E-state index is 12.1. The molecule has 5 unspecified atom stereocenters. The first-order chi connectivity index (χ1) is 42.2. The largest absolute Gasteiger partial charge is 1.00 e. The van der Waals surface area contributed by atoms with Crippen LogP contribution in [-0.2, 0) is 0 Å². The maximum atomic E-state index is 12.1. The van der Waals surface area contributed by atoms with Gasteiger partial charge in [0, 0.05) is 109 Å². The standard InChI is InChI=1S/3C13H18ClNO.2C9H8BrClO.C9H9ClO.2CH2Cl2.3CH4.Br2.BrH/c3*1-9(15-13(2,3)4)12(16)10-6-5-7-11(14)8-10;2*1-6(10)9(12)7-3-2-4-8(11)5-7;1-2-9(11)7-4-3-5-8(10)6-7;2*2-1-3;;;;1-2;/h3*5-9,15H,1-4H3;2*2-6H,1H3;3-6H,2H2,1H3;2*1H2;3*1H4;;1H. The zero-order valence-electron chi connectivity index (χ0n) is 54.1. The summed E-state index contributed by atoms with van der Waals surface area (Å²) in [5, 5.41) is 12.5. The first kappa shape index (κ1) is 107. The molecule has 0 fully saturated rings. The Balaban J connectivity index is -0.000000190. The molecule has 24 heteroatoms. The maximum Gasteiger partial charge on any atom is 0.219 e. The molecule has 0 aliphatic heterocycles. The van der Waals surface area contributed by atoms with E-state index in [1.54, 1.807) is 159 Å². The highest BCUT2D eigenvalue weighted by Crippen LogP contribution is 2.19. The fraction of sp³-hybridized carbons (Fsp3) is 0.408. The Bertz CT molecular complexity index is 2880. The number of nitrogens with two attached hydrogens (primary N) is 1. The van der Waals surface area contributed by atoms with Gasteiger partial charge < -0.3 is 32.9 Å². The van der Waals surface area contributed by atoms with Crippen LogP contribution >= 0.6 is 176 Å². The Morgan fingerprint density at radius 1 is 0.400 bits per heavy atom. The van der Waals surface area contributed by atoms with E-state index in [9.17, 15) is 28.8 Å². The number of carbonyl (C=O) groups is 6. The van der Waals surface area contributed by atoms with Gasteiger partial charge in [-0.05, 0) is 170 Å². The number of hydrogen-bond donors (Lipinski definition) is 3. The third-order valence-corrected chi connectivity index (χ3v) is 13.2. The van der Waals surface area contributed by atoms with Crippen molar-refractivity contribution in [3.63, 3.8) is 0 Å². The van der Waals surface area contributed by atoms with Crippen molar-refractivity contribution in [2.75, 3.05) is 10.7 Å². The van der Waals surface area contributed by atoms with Crippen molar-refractivity contribution in [3.05, 3.63) is 209 Å². The zero-order valence-corrected chi connectivity index (χ0v) is 69.6. The molecule has 0 radical (unpaired) electrons. The van der Waals surface area contributed by atoms with Gasteiger partial charge in [0.25, 0.3) is 0 Å². The molecule has 0 aromatic heterocycles. The van der Waals surface area contributed by atoms with Crippen LogP contribution in [0.3, 0.4) is 0 Å². The molecular weight excluding hydrogens is 1740 g/mol. The summed E-state index contributed by atoms with van der Waals surface area (Å²) in [7, 11) is 0. The van der Waals surface area contributed by atoms with Gasteiger partial charge in [-0.3, -0.25) is 28.8 Å².